The minimum absolute atomic E-state index is 0.0508. The van der Waals surface area contributed by atoms with Gasteiger partial charge in [-0.05, 0) is 24.3 Å². The Hall–Kier alpha value is -3.44. The fourth-order valence-corrected chi connectivity index (χ4v) is 2.10. The predicted octanol–water partition coefficient (Wildman–Crippen LogP) is 4.45. The number of nitrogens with one attached hydrogen (secondary N) is 2. The normalized spacial score (nSPS) is 11.5. The molecule has 0 aliphatic rings. The third-order valence-electron chi connectivity index (χ3n) is 3.02. The molecule has 2 N–H and O–H groups in total. The summed E-state index contributed by atoms with van der Waals surface area (Å²) in [4.78, 5) is 23.7. The minimum Gasteiger partial charge on any atom is -0.406 e. The molecular formula is C17H12F6N2O4. The first kappa shape index (κ1) is 21.9. The van der Waals surface area contributed by atoms with Gasteiger partial charge in [0.15, 0.2) is 0 Å². The molecule has 0 radical (unpaired) electrons. The first-order chi connectivity index (χ1) is 13.4. The zero-order valence-corrected chi connectivity index (χ0v) is 14.2. The molecule has 0 saturated carbocycles. The van der Waals surface area contributed by atoms with E-state index in [9.17, 15) is 35.9 Å². The van der Waals surface area contributed by atoms with Gasteiger partial charge in [0.2, 0.25) is 11.8 Å². The Morgan fingerprint density at radius 1 is 0.724 bits per heavy atom. The lowest BCUT2D eigenvalue weighted by atomic mass is 10.2. The van der Waals surface area contributed by atoms with Crippen molar-refractivity contribution in [3.8, 4) is 11.5 Å². The molecular weight excluding hydrogens is 410 g/mol. The van der Waals surface area contributed by atoms with Crippen molar-refractivity contribution in [1.29, 1.82) is 0 Å². The Kier molecular flexibility index (Phi) is 6.56. The number of rotatable bonds is 6. The zero-order chi connectivity index (χ0) is 21.7. The second-order valence-corrected chi connectivity index (χ2v) is 5.42. The van der Waals surface area contributed by atoms with E-state index in [1.807, 2.05) is 0 Å². The lowest BCUT2D eigenvalue weighted by Gasteiger charge is -2.11. The highest BCUT2D eigenvalue weighted by Gasteiger charge is 2.31. The van der Waals surface area contributed by atoms with Gasteiger partial charge in [0, 0.05) is 23.5 Å². The molecule has 2 aromatic carbocycles. The molecule has 12 heteroatoms. The van der Waals surface area contributed by atoms with Crippen LogP contribution in [0.4, 0.5) is 37.7 Å². The summed E-state index contributed by atoms with van der Waals surface area (Å²) in [6, 6.07) is 8.79. The van der Waals surface area contributed by atoms with Gasteiger partial charge in [-0.1, -0.05) is 12.1 Å². The smallest absolute Gasteiger partial charge is 0.406 e. The Bertz CT molecular complexity index is 811. The summed E-state index contributed by atoms with van der Waals surface area (Å²) < 4.78 is 80.6. The maximum atomic E-state index is 12.2. The van der Waals surface area contributed by atoms with Crippen molar-refractivity contribution in [3.05, 3.63) is 48.5 Å². The highest BCUT2D eigenvalue weighted by Crippen LogP contribution is 2.26. The molecule has 0 aliphatic carbocycles. The van der Waals surface area contributed by atoms with E-state index in [0.717, 1.165) is 24.3 Å². The number of hydrogen-bond acceptors (Lipinski definition) is 4. The molecule has 0 aromatic heterocycles. The van der Waals surface area contributed by atoms with Crippen LogP contribution in [0.2, 0.25) is 0 Å². The number of ether oxygens (including phenoxy) is 2. The maximum absolute atomic E-state index is 12.2. The molecule has 6 nitrogen and oxygen atoms in total. The summed E-state index contributed by atoms with van der Waals surface area (Å²) in [5.41, 5.74) is -0.102. The van der Waals surface area contributed by atoms with Crippen molar-refractivity contribution in [1.82, 2.24) is 0 Å². The van der Waals surface area contributed by atoms with Crippen molar-refractivity contribution in [2.45, 2.75) is 19.1 Å². The average Bonchev–Trinajstić information content (AvgIpc) is 2.51. The minimum atomic E-state index is -4.91. The molecule has 156 valence electrons. The van der Waals surface area contributed by atoms with E-state index in [1.54, 1.807) is 0 Å². The number of hydrogen-bond donors (Lipinski definition) is 2. The van der Waals surface area contributed by atoms with E-state index >= 15 is 0 Å². The van der Waals surface area contributed by atoms with Gasteiger partial charge in [0.05, 0.1) is 0 Å². The molecule has 29 heavy (non-hydrogen) atoms. The summed E-state index contributed by atoms with van der Waals surface area (Å²) in [6.45, 7) is 0. The Morgan fingerprint density at radius 2 is 1.10 bits per heavy atom. The third kappa shape index (κ3) is 8.41. The van der Waals surface area contributed by atoms with Gasteiger partial charge < -0.3 is 20.1 Å². The van der Waals surface area contributed by atoms with Crippen LogP contribution in [0.15, 0.2) is 48.5 Å². The highest BCUT2D eigenvalue weighted by atomic mass is 19.4. The van der Waals surface area contributed by atoms with Crippen molar-refractivity contribution in [2.24, 2.45) is 0 Å². The number of alkyl halides is 6. The van der Waals surface area contributed by atoms with E-state index in [2.05, 4.69) is 20.1 Å². The van der Waals surface area contributed by atoms with Crippen LogP contribution >= 0.6 is 0 Å². The standard InChI is InChI=1S/C17H12F6N2O4/c18-16(19,20)28-12-5-1-3-10(7-12)24-14(26)9-15(27)25-11-4-2-6-13(8-11)29-17(21,22)23/h1-8H,9H2,(H,24,26)(H,25,27). The highest BCUT2D eigenvalue weighted by molar-refractivity contribution is 6.08. The number of halogens is 6. The lowest BCUT2D eigenvalue weighted by Crippen LogP contribution is -2.22. The van der Waals surface area contributed by atoms with Crippen molar-refractivity contribution in [2.75, 3.05) is 10.6 Å². The number of carbonyl (C=O) groups is 2. The lowest BCUT2D eigenvalue weighted by molar-refractivity contribution is -0.275. The molecule has 0 heterocycles. The van der Waals surface area contributed by atoms with Crippen LogP contribution < -0.4 is 20.1 Å². The van der Waals surface area contributed by atoms with Crippen molar-refractivity contribution in [3.63, 3.8) is 0 Å². The molecule has 0 aliphatic heterocycles. The Morgan fingerprint density at radius 3 is 1.45 bits per heavy atom. The summed E-state index contributed by atoms with van der Waals surface area (Å²) >= 11 is 0. The molecule has 0 bridgehead atoms. The van der Waals surface area contributed by atoms with Crippen LogP contribution in [-0.2, 0) is 9.59 Å². The topological polar surface area (TPSA) is 76.7 Å². The van der Waals surface area contributed by atoms with Gasteiger partial charge >= 0.3 is 12.7 Å². The van der Waals surface area contributed by atoms with Crippen LogP contribution in [0.3, 0.4) is 0 Å². The molecule has 2 amide bonds. The largest absolute Gasteiger partial charge is 0.573 e. The number of amides is 2. The van der Waals surface area contributed by atoms with E-state index in [0.29, 0.717) is 0 Å². The van der Waals surface area contributed by atoms with Gasteiger partial charge in [-0.25, -0.2) is 0 Å². The summed E-state index contributed by atoms with van der Waals surface area (Å²) in [6.07, 6.45) is -10.6. The summed E-state index contributed by atoms with van der Waals surface area (Å²) in [5, 5.41) is 4.41. The van der Waals surface area contributed by atoms with Crippen LogP contribution in [-0.4, -0.2) is 24.5 Å². The Labute approximate surface area is 159 Å². The van der Waals surface area contributed by atoms with Crippen molar-refractivity contribution < 1.29 is 45.4 Å². The second kappa shape index (κ2) is 8.71. The summed E-state index contributed by atoms with van der Waals surface area (Å²) in [5.74, 6) is -2.87. The molecule has 0 fully saturated rings. The number of anilines is 2. The first-order valence-corrected chi connectivity index (χ1v) is 7.71. The molecule has 0 unspecified atom stereocenters. The maximum Gasteiger partial charge on any atom is 0.573 e. The van der Waals surface area contributed by atoms with Gasteiger partial charge in [0.25, 0.3) is 0 Å². The SMILES string of the molecule is O=C(CC(=O)Nc1cccc(OC(F)(F)F)c1)Nc1cccc(OC(F)(F)F)c1. The predicted molar refractivity (Wildman–Crippen MR) is 88.1 cm³/mol. The molecule has 0 atom stereocenters. The quantitative estimate of drug-likeness (QED) is 0.533. The van der Waals surface area contributed by atoms with Crippen LogP contribution in [0.5, 0.6) is 11.5 Å². The van der Waals surface area contributed by atoms with Crippen LogP contribution in [0.1, 0.15) is 6.42 Å². The second-order valence-electron chi connectivity index (χ2n) is 5.42. The van der Waals surface area contributed by atoms with Gasteiger partial charge in [0.1, 0.15) is 17.9 Å². The van der Waals surface area contributed by atoms with Gasteiger partial charge in [-0.3, -0.25) is 9.59 Å². The van der Waals surface area contributed by atoms with E-state index in [1.165, 1.54) is 24.3 Å². The summed E-state index contributed by atoms with van der Waals surface area (Å²) in [7, 11) is 0. The zero-order valence-electron chi connectivity index (χ0n) is 14.2. The fourth-order valence-electron chi connectivity index (χ4n) is 2.10. The Balaban J connectivity index is 1.92. The molecule has 2 aromatic rings. The number of benzene rings is 2. The van der Waals surface area contributed by atoms with E-state index < -0.39 is 42.5 Å². The monoisotopic (exact) mass is 422 g/mol. The first-order valence-electron chi connectivity index (χ1n) is 7.71. The van der Waals surface area contributed by atoms with Crippen molar-refractivity contribution >= 4 is 23.2 Å². The van der Waals surface area contributed by atoms with Crippen LogP contribution in [0, 0.1) is 0 Å². The van der Waals surface area contributed by atoms with E-state index in [4.69, 9.17) is 0 Å². The van der Waals surface area contributed by atoms with E-state index in [-0.39, 0.29) is 11.4 Å². The van der Waals surface area contributed by atoms with Crippen LogP contribution in [0.25, 0.3) is 0 Å². The van der Waals surface area contributed by atoms with Gasteiger partial charge in [-0.2, -0.15) is 0 Å². The fraction of sp³-hybridized carbons (Fsp3) is 0.176. The average molecular weight is 422 g/mol. The molecule has 2 rings (SSSR count). The van der Waals surface area contributed by atoms with Gasteiger partial charge in [-0.15, -0.1) is 26.3 Å². The molecule has 0 spiro atoms. The number of carbonyl (C=O) groups excluding carboxylic acids is 2. The molecule has 0 saturated heterocycles. The third-order valence-corrected chi connectivity index (χ3v) is 3.02.